The van der Waals surface area contributed by atoms with E-state index in [1.807, 2.05) is 0 Å². The third-order valence-electron chi connectivity index (χ3n) is 2.57. The molecule has 9 nitrogen and oxygen atoms in total. The molecule has 0 aromatic carbocycles. The van der Waals surface area contributed by atoms with Gasteiger partial charge in [-0.25, -0.2) is 10.2 Å². The van der Waals surface area contributed by atoms with E-state index in [-0.39, 0.29) is 12.2 Å². The van der Waals surface area contributed by atoms with Crippen LogP contribution in [0.4, 0.5) is 0 Å². The normalized spacial score (nSPS) is 14.3. The number of ether oxygens (including phenoxy) is 2. The van der Waals surface area contributed by atoms with Gasteiger partial charge in [-0.05, 0) is 41.5 Å². The second-order valence-corrected chi connectivity index (χ2v) is 8.28. The monoisotopic (exact) mass is 366 g/mol. The standard InChI is InChI=1S/C14H27N2O7P/c1-8(2)22-13(19)10(5)15-24(21,7-12(17)18)16-11(6)14(20)23-9(3)4/h8-11H,7H2,1-6H3,(H,17,18)(H2,15,16,21)/t10-,11-/m0/s1. The largest absolute Gasteiger partial charge is 0.481 e. The van der Waals surface area contributed by atoms with Crippen LogP contribution in [0.25, 0.3) is 0 Å². The van der Waals surface area contributed by atoms with Gasteiger partial charge in [0.1, 0.15) is 18.2 Å². The van der Waals surface area contributed by atoms with Gasteiger partial charge in [-0.15, -0.1) is 0 Å². The van der Waals surface area contributed by atoms with Crippen molar-refractivity contribution < 1.29 is 33.5 Å². The average molecular weight is 366 g/mol. The van der Waals surface area contributed by atoms with E-state index in [2.05, 4.69) is 10.2 Å². The Kier molecular flexibility index (Phi) is 9.17. The van der Waals surface area contributed by atoms with Gasteiger partial charge in [0.2, 0.25) is 7.44 Å². The molecule has 0 aromatic heterocycles. The van der Waals surface area contributed by atoms with Crippen LogP contribution in [0.3, 0.4) is 0 Å². The summed E-state index contributed by atoms with van der Waals surface area (Å²) in [6, 6.07) is -2.03. The van der Waals surface area contributed by atoms with E-state index in [0.29, 0.717) is 0 Å². The topological polar surface area (TPSA) is 131 Å². The zero-order valence-electron chi connectivity index (χ0n) is 14.9. The van der Waals surface area contributed by atoms with Crippen LogP contribution in [0.5, 0.6) is 0 Å². The van der Waals surface area contributed by atoms with Gasteiger partial charge in [-0.1, -0.05) is 0 Å². The first-order valence-corrected chi connectivity index (χ1v) is 9.53. The van der Waals surface area contributed by atoms with E-state index in [1.165, 1.54) is 13.8 Å². The lowest BCUT2D eigenvalue weighted by Crippen LogP contribution is -2.44. The highest BCUT2D eigenvalue weighted by molar-refractivity contribution is 7.60. The van der Waals surface area contributed by atoms with Crippen LogP contribution in [-0.4, -0.2) is 53.5 Å². The van der Waals surface area contributed by atoms with Crippen LogP contribution >= 0.6 is 7.44 Å². The second kappa shape index (κ2) is 9.76. The van der Waals surface area contributed by atoms with Crippen LogP contribution in [0.1, 0.15) is 41.5 Å². The molecule has 0 aliphatic heterocycles. The lowest BCUT2D eigenvalue weighted by molar-refractivity contribution is -0.149. The van der Waals surface area contributed by atoms with Crippen molar-refractivity contribution in [2.24, 2.45) is 0 Å². The van der Waals surface area contributed by atoms with Gasteiger partial charge < -0.3 is 14.6 Å². The molecule has 0 saturated heterocycles. The Labute approximate surface area is 141 Å². The minimum absolute atomic E-state index is 0.367. The molecule has 10 heteroatoms. The van der Waals surface area contributed by atoms with E-state index in [0.717, 1.165) is 0 Å². The van der Waals surface area contributed by atoms with Crippen LogP contribution in [-0.2, 0) is 28.4 Å². The fraction of sp³-hybridized carbons (Fsp3) is 0.786. The van der Waals surface area contributed by atoms with Gasteiger partial charge in [0.05, 0.1) is 12.2 Å². The van der Waals surface area contributed by atoms with E-state index in [9.17, 15) is 18.9 Å². The lowest BCUT2D eigenvalue weighted by Gasteiger charge is -2.26. The molecule has 24 heavy (non-hydrogen) atoms. The van der Waals surface area contributed by atoms with Gasteiger partial charge in [0.25, 0.3) is 0 Å². The highest BCUT2D eigenvalue weighted by Crippen LogP contribution is 2.37. The van der Waals surface area contributed by atoms with Crippen molar-refractivity contribution in [2.45, 2.75) is 65.8 Å². The van der Waals surface area contributed by atoms with Gasteiger partial charge in [-0.2, -0.15) is 0 Å². The van der Waals surface area contributed by atoms with Crippen molar-refractivity contribution in [3.05, 3.63) is 0 Å². The summed E-state index contributed by atoms with van der Waals surface area (Å²) < 4.78 is 22.8. The van der Waals surface area contributed by atoms with Crippen LogP contribution in [0.2, 0.25) is 0 Å². The summed E-state index contributed by atoms with van der Waals surface area (Å²) in [5.41, 5.74) is 0. The van der Waals surface area contributed by atoms with Crippen molar-refractivity contribution in [3.8, 4) is 0 Å². The minimum Gasteiger partial charge on any atom is -0.481 e. The summed E-state index contributed by atoms with van der Waals surface area (Å²) in [5, 5.41) is 13.9. The molecule has 140 valence electrons. The fourth-order valence-corrected chi connectivity index (χ4v) is 3.82. The van der Waals surface area contributed by atoms with Gasteiger partial charge in [0.15, 0.2) is 0 Å². The van der Waals surface area contributed by atoms with Crippen LogP contribution in [0.15, 0.2) is 0 Å². The maximum absolute atomic E-state index is 12.8. The molecule has 0 heterocycles. The molecule has 0 rings (SSSR count). The number of rotatable bonds is 10. The lowest BCUT2D eigenvalue weighted by atomic mass is 10.4. The Morgan fingerprint density at radius 3 is 1.46 bits per heavy atom. The molecule has 3 N–H and O–H groups in total. The summed E-state index contributed by atoms with van der Waals surface area (Å²) in [5.74, 6) is -2.68. The quantitative estimate of drug-likeness (QED) is 0.384. The highest BCUT2D eigenvalue weighted by atomic mass is 31.2. The summed E-state index contributed by atoms with van der Waals surface area (Å²) in [7, 11) is -3.78. The Bertz CT molecular complexity index is 473. The Hall–Kier alpha value is -1.44. The maximum Gasteiger partial charge on any atom is 0.323 e. The zero-order chi connectivity index (χ0) is 19.1. The Morgan fingerprint density at radius 1 is 0.875 bits per heavy atom. The molecule has 0 bridgehead atoms. The number of carboxylic acids is 1. The molecule has 0 unspecified atom stereocenters. The first-order valence-electron chi connectivity index (χ1n) is 7.63. The first kappa shape index (κ1) is 22.6. The van der Waals surface area contributed by atoms with Crippen molar-refractivity contribution in [3.63, 3.8) is 0 Å². The van der Waals surface area contributed by atoms with Crippen LogP contribution < -0.4 is 10.2 Å². The van der Waals surface area contributed by atoms with E-state index < -0.39 is 43.6 Å². The molecule has 0 amide bonds. The van der Waals surface area contributed by atoms with Gasteiger partial charge in [-0.3, -0.25) is 18.9 Å². The minimum atomic E-state index is -3.78. The predicted molar refractivity (Wildman–Crippen MR) is 87.8 cm³/mol. The molecular weight excluding hydrogens is 339 g/mol. The summed E-state index contributed by atoms with van der Waals surface area (Å²) in [4.78, 5) is 34.6. The SMILES string of the molecule is CC(C)OC(=O)[C@H](C)NP(=O)(CC(=O)O)N[C@@H](C)C(=O)OC(C)C. The van der Waals surface area contributed by atoms with Gasteiger partial charge in [0, 0.05) is 0 Å². The number of aliphatic carboxylic acids is 1. The number of nitrogens with one attached hydrogen (secondary N) is 2. The molecule has 0 aliphatic carbocycles. The predicted octanol–water partition coefficient (Wildman–Crippen LogP) is 1.12. The average Bonchev–Trinajstić information content (AvgIpc) is 2.34. The van der Waals surface area contributed by atoms with Crippen molar-refractivity contribution in [2.75, 3.05) is 6.16 Å². The molecule has 0 aliphatic rings. The molecule has 0 fully saturated rings. The molecule has 0 spiro atoms. The number of carbonyl (C=O) groups is 3. The second-order valence-electron chi connectivity index (χ2n) is 5.96. The number of esters is 2. The Balaban J connectivity index is 5.07. The molecule has 2 atom stereocenters. The number of carboxylic acid groups (broad SMARTS) is 1. The molecule has 0 saturated carbocycles. The third-order valence-corrected chi connectivity index (χ3v) is 4.90. The Morgan fingerprint density at radius 2 is 1.21 bits per heavy atom. The van der Waals surface area contributed by atoms with Crippen molar-refractivity contribution in [1.29, 1.82) is 0 Å². The first-order chi connectivity index (χ1) is 10.9. The zero-order valence-corrected chi connectivity index (χ0v) is 15.8. The van der Waals surface area contributed by atoms with Crippen LogP contribution in [0, 0.1) is 0 Å². The van der Waals surface area contributed by atoms with E-state index in [1.54, 1.807) is 27.7 Å². The molecule has 0 aromatic rings. The number of carbonyl (C=O) groups excluding carboxylic acids is 2. The van der Waals surface area contributed by atoms with Crippen molar-refractivity contribution in [1.82, 2.24) is 10.2 Å². The molecule has 0 radical (unpaired) electrons. The summed E-state index contributed by atoms with van der Waals surface area (Å²) >= 11 is 0. The smallest absolute Gasteiger partial charge is 0.323 e. The molecular formula is C14H27N2O7P. The summed E-state index contributed by atoms with van der Waals surface area (Å²) in [6.07, 6.45) is -1.52. The highest BCUT2D eigenvalue weighted by Gasteiger charge is 2.34. The van der Waals surface area contributed by atoms with Gasteiger partial charge >= 0.3 is 17.9 Å². The number of hydrogen-bond donors (Lipinski definition) is 3. The fourth-order valence-electron chi connectivity index (χ4n) is 1.72. The maximum atomic E-state index is 12.8. The van der Waals surface area contributed by atoms with E-state index in [4.69, 9.17) is 14.6 Å². The third kappa shape index (κ3) is 9.00. The van der Waals surface area contributed by atoms with Crippen molar-refractivity contribution >= 4 is 25.4 Å². The van der Waals surface area contributed by atoms with E-state index >= 15 is 0 Å². The number of hydrogen-bond acceptors (Lipinski definition) is 6. The summed E-state index contributed by atoms with van der Waals surface area (Å²) in [6.45, 7) is 9.43.